The molecule has 0 radical (unpaired) electrons. The van der Waals surface area contributed by atoms with Crippen molar-refractivity contribution >= 4 is 23.2 Å². The second-order valence-corrected chi connectivity index (χ2v) is 7.65. The topological polar surface area (TPSA) is 49.4 Å². The average molecular weight is 342 g/mol. The van der Waals surface area contributed by atoms with Crippen molar-refractivity contribution in [1.82, 2.24) is 10.2 Å². The van der Waals surface area contributed by atoms with Gasteiger partial charge in [0, 0.05) is 36.9 Å². The number of rotatable bonds is 5. The Balaban J connectivity index is 1.52. The van der Waals surface area contributed by atoms with Crippen LogP contribution in [0.1, 0.15) is 32.1 Å². The molecule has 5 heteroatoms. The maximum atomic E-state index is 12.2. The lowest BCUT2D eigenvalue weighted by atomic mass is 10.1. The molecule has 2 heterocycles. The number of hydrogen-bond acceptors (Lipinski definition) is 3. The molecule has 1 fully saturated rings. The number of carbonyl (C=O) groups is 2. The van der Waals surface area contributed by atoms with E-state index in [2.05, 4.69) is 5.32 Å². The van der Waals surface area contributed by atoms with Crippen LogP contribution in [0.25, 0.3) is 0 Å². The minimum atomic E-state index is -0.0369. The zero-order valence-corrected chi connectivity index (χ0v) is 14.9. The first-order valence-electron chi connectivity index (χ1n) is 8.20. The van der Waals surface area contributed by atoms with Crippen molar-refractivity contribution in [2.24, 2.45) is 5.92 Å². The zero-order chi connectivity index (χ0) is 17.1. The van der Waals surface area contributed by atoms with Crippen molar-refractivity contribution in [2.75, 3.05) is 13.1 Å². The summed E-state index contributed by atoms with van der Waals surface area (Å²) in [6, 6.07) is 11.9. The van der Waals surface area contributed by atoms with E-state index in [0.717, 1.165) is 16.0 Å². The fourth-order valence-corrected chi connectivity index (χ4v) is 3.91. The number of nitrogens with one attached hydrogen (secondary N) is 1. The predicted octanol–water partition coefficient (Wildman–Crippen LogP) is 3.14. The second-order valence-electron chi connectivity index (χ2n) is 6.39. The lowest BCUT2D eigenvalue weighted by Gasteiger charge is -2.17. The minimum absolute atomic E-state index is 0.0369. The van der Waals surface area contributed by atoms with E-state index < -0.39 is 0 Å². The molecule has 24 heavy (non-hydrogen) atoms. The van der Waals surface area contributed by atoms with Crippen molar-refractivity contribution in [2.45, 2.75) is 26.8 Å². The average Bonchev–Trinajstić information content (AvgIpc) is 3.09. The number of aryl methyl sites for hydroxylation is 2. The Morgan fingerprint density at radius 3 is 2.71 bits per heavy atom. The summed E-state index contributed by atoms with van der Waals surface area (Å²) in [6.07, 6.45) is 0.510. The number of likely N-dealkylation sites (tertiary alicyclic amines) is 1. The van der Waals surface area contributed by atoms with Gasteiger partial charge < -0.3 is 10.2 Å². The molecule has 2 aromatic rings. The van der Waals surface area contributed by atoms with E-state index >= 15 is 0 Å². The third-order valence-electron chi connectivity index (χ3n) is 4.45. The van der Waals surface area contributed by atoms with Crippen molar-refractivity contribution in [3.05, 3.63) is 57.3 Å². The van der Waals surface area contributed by atoms with E-state index in [-0.39, 0.29) is 17.7 Å². The number of carbonyl (C=O) groups excluding carboxylic acids is 2. The Morgan fingerprint density at radius 1 is 1.29 bits per heavy atom. The smallest absolute Gasteiger partial charge is 0.261 e. The molecule has 1 saturated heterocycles. The molecule has 2 amide bonds. The van der Waals surface area contributed by atoms with Crippen LogP contribution >= 0.6 is 11.3 Å². The van der Waals surface area contributed by atoms with Crippen LogP contribution in [-0.4, -0.2) is 29.8 Å². The number of amides is 2. The van der Waals surface area contributed by atoms with E-state index in [1.807, 2.05) is 55.1 Å². The van der Waals surface area contributed by atoms with Crippen molar-refractivity contribution in [3.63, 3.8) is 0 Å². The second kappa shape index (κ2) is 7.18. The van der Waals surface area contributed by atoms with Crippen LogP contribution in [0.3, 0.4) is 0 Å². The van der Waals surface area contributed by atoms with Gasteiger partial charge in [-0.1, -0.05) is 30.3 Å². The summed E-state index contributed by atoms with van der Waals surface area (Å²) in [6.45, 7) is 5.93. The van der Waals surface area contributed by atoms with Gasteiger partial charge in [-0.15, -0.1) is 11.3 Å². The van der Waals surface area contributed by atoms with Gasteiger partial charge in [0.2, 0.25) is 5.91 Å². The quantitative estimate of drug-likeness (QED) is 0.907. The van der Waals surface area contributed by atoms with Gasteiger partial charge in [0.05, 0.1) is 4.88 Å². The van der Waals surface area contributed by atoms with Gasteiger partial charge in [-0.05, 0) is 31.0 Å². The molecule has 126 valence electrons. The maximum Gasteiger partial charge on any atom is 0.261 e. The maximum absolute atomic E-state index is 12.2. The molecule has 0 aliphatic carbocycles. The number of hydrogen-bond donors (Lipinski definition) is 1. The van der Waals surface area contributed by atoms with E-state index in [1.165, 1.54) is 16.2 Å². The normalized spacial score (nSPS) is 17.3. The summed E-state index contributed by atoms with van der Waals surface area (Å²) in [4.78, 5) is 28.2. The molecule has 1 aliphatic rings. The van der Waals surface area contributed by atoms with E-state index in [9.17, 15) is 9.59 Å². The number of nitrogens with zero attached hydrogens (tertiary/aromatic N) is 1. The first kappa shape index (κ1) is 16.7. The molecule has 0 saturated carbocycles. The van der Waals surface area contributed by atoms with E-state index in [4.69, 9.17) is 0 Å². The third-order valence-corrected chi connectivity index (χ3v) is 5.60. The number of thiophene rings is 1. The highest BCUT2D eigenvalue weighted by molar-refractivity contribution is 7.14. The molecule has 1 unspecified atom stereocenters. The molecule has 4 nitrogen and oxygen atoms in total. The van der Waals surface area contributed by atoms with Gasteiger partial charge in [0.25, 0.3) is 5.91 Å². The molecular weight excluding hydrogens is 320 g/mol. The zero-order valence-electron chi connectivity index (χ0n) is 14.0. The lowest BCUT2D eigenvalue weighted by molar-refractivity contribution is -0.128. The SMILES string of the molecule is Cc1cc(C(=O)NCC2CC(=O)N(Cc3ccccc3)C2)sc1C. The predicted molar refractivity (Wildman–Crippen MR) is 96.1 cm³/mol. The van der Waals surface area contributed by atoms with Gasteiger partial charge in [-0.3, -0.25) is 9.59 Å². The summed E-state index contributed by atoms with van der Waals surface area (Å²) in [5.41, 5.74) is 2.29. The molecule has 1 aromatic carbocycles. The first-order chi connectivity index (χ1) is 11.5. The van der Waals surface area contributed by atoms with Gasteiger partial charge in [-0.25, -0.2) is 0 Å². The Kier molecular flexibility index (Phi) is 5.00. The number of benzene rings is 1. The minimum Gasteiger partial charge on any atom is -0.351 e. The monoisotopic (exact) mass is 342 g/mol. The fourth-order valence-electron chi connectivity index (χ4n) is 2.96. The van der Waals surface area contributed by atoms with Crippen molar-refractivity contribution in [1.29, 1.82) is 0 Å². The van der Waals surface area contributed by atoms with Crippen molar-refractivity contribution < 1.29 is 9.59 Å². The summed E-state index contributed by atoms with van der Waals surface area (Å²) < 4.78 is 0. The highest BCUT2D eigenvalue weighted by Gasteiger charge is 2.29. The van der Waals surface area contributed by atoms with Gasteiger partial charge in [-0.2, -0.15) is 0 Å². The van der Waals surface area contributed by atoms with Crippen LogP contribution < -0.4 is 5.32 Å². The Hall–Kier alpha value is -2.14. The van der Waals surface area contributed by atoms with Crippen LogP contribution in [0.4, 0.5) is 0 Å². The van der Waals surface area contributed by atoms with E-state index in [0.29, 0.717) is 26.1 Å². The molecule has 3 rings (SSSR count). The summed E-state index contributed by atoms with van der Waals surface area (Å²) in [5, 5.41) is 2.98. The standard InChI is InChI=1S/C19H22N2O2S/c1-13-8-17(24-14(13)2)19(23)20-10-16-9-18(22)21(12-16)11-15-6-4-3-5-7-15/h3-8,16H,9-12H2,1-2H3,(H,20,23). The van der Waals surface area contributed by atoms with Crippen LogP contribution in [0.2, 0.25) is 0 Å². The van der Waals surface area contributed by atoms with Gasteiger partial charge in [0.15, 0.2) is 0 Å². The molecule has 1 atom stereocenters. The third kappa shape index (κ3) is 3.85. The summed E-state index contributed by atoms with van der Waals surface area (Å²) in [7, 11) is 0. The van der Waals surface area contributed by atoms with Crippen LogP contribution in [0.5, 0.6) is 0 Å². The van der Waals surface area contributed by atoms with Crippen molar-refractivity contribution in [3.8, 4) is 0 Å². The molecule has 0 bridgehead atoms. The summed E-state index contributed by atoms with van der Waals surface area (Å²) >= 11 is 1.52. The fraction of sp³-hybridized carbons (Fsp3) is 0.368. The first-order valence-corrected chi connectivity index (χ1v) is 9.01. The van der Waals surface area contributed by atoms with Crippen LogP contribution in [0.15, 0.2) is 36.4 Å². The van der Waals surface area contributed by atoms with Crippen LogP contribution in [-0.2, 0) is 11.3 Å². The highest BCUT2D eigenvalue weighted by Crippen LogP contribution is 2.22. The van der Waals surface area contributed by atoms with E-state index in [1.54, 1.807) is 0 Å². The highest BCUT2D eigenvalue weighted by atomic mass is 32.1. The Morgan fingerprint density at radius 2 is 2.04 bits per heavy atom. The molecule has 1 aromatic heterocycles. The molecular formula is C19H22N2O2S. The van der Waals surface area contributed by atoms with Gasteiger partial charge >= 0.3 is 0 Å². The Bertz CT molecular complexity index is 720. The molecule has 1 aliphatic heterocycles. The molecule has 0 spiro atoms. The van der Waals surface area contributed by atoms with Gasteiger partial charge in [0.1, 0.15) is 0 Å². The Labute approximate surface area is 146 Å². The van der Waals surface area contributed by atoms with Crippen LogP contribution in [0, 0.1) is 19.8 Å². The summed E-state index contributed by atoms with van der Waals surface area (Å²) in [5.74, 6) is 0.318. The largest absolute Gasteiger partial charge is 0.351 e. The molecule has 1 N–H and O–H groups in total. The lowest BCUT2D eigenvalue weighted by Crippen LogP contribution is -2.30.